The van der Waals surface area contributed by atoms with Gasteiger partial charge in [0, 0.05) is 17.8 Å². The minimum absolute atomic E-state index is 0.0206. The average Bonchev–Trinajstić information content (AvgIpc) is 2.99. The molecule has 0 bridgehead atoms. The third-order valence-electron chi connectivity index (χ3n) is 4.49. The van der Waals surface area contributed by atoms with E-state index in [4.69, 9.17) is 16.3 Å². The summed E-state index contributed by atoms with van der Waals surface area (Å²) in [4.78, 5) is 8.11. The normalized spacial score (nSPS) is 11.2. The maximum absolute atomic E-state index is 14.1. The first-order chi connectivity index (χ1) is 13.9. The van der Waals surface area contributed by atoms with Gasteiger partial charge in [-0.1, -0.05) is 17.7 Å². The summed E-state index contributed by atoms with van der Waals surface area (Å²) in [5.41, 5.74) is 0.301. The zero-order valence-electron chi connectivity index (χ0n) is 15.0. The summed E-state index contributed by atoms with van der Waals surface area (Å²) in [6.45, 7) is 0.0950. The van der Waals surface area contributed by atoms with Crippen LogP contribution in [0, 0.1) is 11.6 Å². The Balaban J connectivity index is 1.80. The van der Waals surface area contributed by atoms with Crippen LogP contribution in [0.2, 0.25) is 5.15 Å². The van der Waals surface area contributed by atoms with Gasteiger partial charge in [0.05, 0.1) is 30.1 Å². The number of aromatic nitrogens is 3. The molecule has 0 aliphatic carbocycles. The van der Waals surface area contributed by atoms with E-state index in [1.54, 1.807) is 12.1 Å². The van der Waals surface area contributed by atoms with Gasteiger partial charge < -0.3 is 19.5 Å². The van der Waals surface area contributed by atoms with Crippen LogP contribution in [0.5, 0.6) is 17.4 Å². The lowest BCUT2D eigenvalue weighted by molar-refractivity contribution is 0.404. The average molecular weight is 418 g/mol. The van der Waals surface area contributed by atoms with Gasteiger partial charge in [0.25, 0.3) is 0 Å². The largest absolute Gasteiger partial charge is 0.507 e. The molecule has 4 aromatic rings. The van der Waals surface area contributed by atoms with Crippen LogP contribution in [0.3, 0.4) is 0 Å². The van der Waals surface area contributed by atoms with Crippen molar-refractivity contribution in [1.29, 1.82) is 0 Å². The number of fused-ring (bicyclic) bond motifs is 1. The minimum atomic E-state index is -0.827. The van der Waals surface area contributed by atoms with Crippen molar-refractivity contribution in [3.63, 3.8) is 0 Å². The molecular formula is C20H14ClF2N3O3. The number of aromatic hydroxyl groups is 2. The van der Waals surface area contributed by atoms with E-state index in [-0.39, 0.29) is 40.1 Å². The van der Waals surface area contributed by atoms with Gasteiger partial charge in [-0.25, -0.2) is 18.7 Å². The van der Waals surface area contributed by atoms with Crippen LogP contribution in [0.4, 0.5) is 8.78 Å². The molecule has 0 fully saturated rings. The minimum Gasteiger partial charge on any atom is -0.507 e. The molecule has 0 saturated carbocycles. The standard InChI is InChI=1S/C20H14ClF2N3O3/c1-29-11-6-5-10(15(27)7-11)8-26-9-14-17(20(26)28)18(21)25-19(24-14)16-12(22)3-2-4-13(16)23/h2-7,9,27-28H,8H2,1H3. The number of phenolic OH excluding ortho intramolecular Hbond substituents is 1. The summed E-state index contributed by atoms with van der Waals surface area (Å²) in [5.74, 6) is -1.66. The highest BCUT2D eigenvalue weighted by molar-refractivity contribution is 6.34. The Hall–Kier alpha value is -3.39. The molecule has 0 atom stereocenters. The summed E-state index contributed by atoms with van der Waals surface area (Å²) >= 11 is 6.17. The van der Waals surface area contributed by atoms with Crippen molar-refractivity contribution in [2.75, 3.05) is 7.11 Å². The molecule has 0 radical (unpaired) electrons. The Morgan fingerprint density at radius 1 is 1.10 bits per heavy atom. The van der Waals surface area contributed by atoms with Gasteiger partial charge in [-0.3, -0.25) is 0 Å². The molecule has 148 valence electrons. The Morgan fingerprint density at radius 2 is 1.83 bits per heavy atom. The molecule has 2 aromatic heterocycles. The second kappa shape index (κ2) is 7.21. The third kappa shape index (κ3) is 3.31. The number of ether oxygens (including phenoxy) is 1. The molecule has 4 rings (SSSR count). The molecule has 2 heterocycles. The van der Waals surface area contributed by atoms with Gasteiger partial charge in [-0.2, -0.15) is 0 Å². The molecule has 2 aromatic carbocycles. The number of nitrogens with zero attached hydrogens (tertiary/aromatic N) is 3. The Morgan fingerprint density at radius 3 is 2.48 bits per heavy atom. The van der Waals surface area contributed by atoms with Crippen LogP contribution in [-0.2, 0) is 6.54 Å². The van der Waals surface area contributed by atoms with Gasteiger partial charge in [0.2, 0.25) is 5.88 Å². The van der Waals surface area contributed by atoms with E-state index in [1.807, 2.05) is 0 Å². The van der Waals surface area contributed by atoms with Gasteiger partial charge in [0.15, 0.2) is 5.82 Å². The van der Waals surface area contributed by atoms with Gasteiger partial charge in [-0.15, -0.1) is 0 Å². The highest BCUT2D eigenvalue weighted by Crippen LogP contribution is 2.35. The van der Waals surface area contributed by atoms with Crippen molar-refractivity contribution in [3.05, 3.63) is 64.9 Å². The first-order valence-corrected chi connectivity index (χ1v) is 8.82. The summed E-state index contributed by atoms with van der Waals surface area (Å²) < 4.78 is 34.6. The molecule has 2 N–H and O–H groups in total. The van der Waals surface area contributed by atoms with Crippen molar-refractivity contribution in [2.45, 2.75) is 6.54 Å². The van der Waals surface area contributed by atoms with Crippen molar-refractivity contribution < 1.29 is 23.7 Å². The fraction of sp³-hybridized carbons (Fsp3) is 0.100. The van der Waals surface area contributed by atoms with Crippen LogP contribution in [0.1, 0.15) is 5.56 Å². The number of hydrogen-bond donors (Lipinski definition) is 2. The van der Waals surface area contributed by atoms with E-state index in [1.165, 1.54) is 30.0 Å². The highest BCUT2D eigenvalue weighted by Gasteiger charge is 2.20. The van der Waals surface area contributed by atoms with E-state index >= 15 is 0 Å². The first kappa shape index (κ1) is 18.9. The zero-order chi connectivity index (χ0) is 20.7. The maximum Gasteiger partial charge on any atom is 0.204 e. The second-order valence-corrected chi connectivity index (χ2v) is 6.63. The van der Waals surface area contributed by atoms with Crippen LogP contribution < -0.4 is 4.74 Å². The molecular weight excluding hydrogens is 404 g/mol. The van der Waals surface area contributed by atoms with Crippen LogP contribution in [0.25, 0.3) is 22.3 Å². The number of benzene rings is 2. The maximum atomic E-state index is 14.1. The summed E-state index contributed by atoms with van der Waals surface area (Å²) in [7, 11) is 1.48. The molecule has 6 nitrogen and oxygen atoms in total. The molecule has 0 spiro atoms. The summed E-state index contributed by atoms with van der Waals surface area (Å²) in [6, 6.07) is 8.18. The Kier molecular flexibility index (Phi) is 4.71. The van der Waals surface area contributed by atoms with E-state index in [0.717, 1.165) is 12.1 Å². The highest BCUT2D eigenvalue weighted by atomic mass is 35.5. The summed E-state index contributed by atoms with van der Waals surface area (Å²) in [6.07, 6.45) is 1.46. The smallest absolute Gasteiger partial charge is 0.204 e. The first-order valence-electron chi connectivity index (χ1n) is 8.44. The molecule has 0 aliphatic heterocycles. The Bertz CT molecular complexity index is 1220. The van der Waals surface area contributed by atoms with Crippen LogP contribution in [0.15, 0.2) is 42.6 Å². The lowest BCUT2D eigenvalue weighted by Gasteiger charge is -2.08. The lowest BCUT2D eigenvalue weighted by Crippen LogP contribution is -1.98. The SMILES string of the molecule is COc1ccc(Cn2cc3nc(-c4c(F)cccc4F)nc(Cl)c3c2O)c(O)c1. The van der Waals surface area contributed by atoms with Crippen LogP contribution >= 0.6 is 11.6 Å². The van der Waals surface area contributed by atoms with E-state index in [9.17, 15) is 19.0 Å². The van der Waals surface area contributed by atoms with Crippen molar-refractivity contribution in [3.8, 4) is 28.8 Å². The van der Waals surface area contributed by atoms with Crippen molar-refractivity contribution in [1.82, 2.24) is 14.5 Å². The molecule has 0 unspecified atom stereocenters. The quantitative estimate of drug-likeness (QED) is 0.478. The van der Waals surface area contributed by atoms with Gasteiger partial charge in [-0.05, 0) is 24.3 Å². The van der Waals surface area contributed by atoms with Crippen LogP contribution in [-0.4, -0.2) is 31.9 Å². The van der Waals surface area contributed by atoms with E-state index in [0.29, 0.717) is 11.3 Å². The Labute approximate surface area is 168 Å². The predicted molar refractivity (Wildman–Crippen MR) is 103 cm³/mol. The molecule has 0 aliphatic rings. The molecule has 9 heteroatoms. The van der Waals surface area contributed by atoms with Crippen molar-refractivity contribution >= 4 is 22.5 Å². The number of methoxy groups -OCH3 is 1. The number of hydrogen-bond acceptors (Lipinski definition) is 5. The topological polar surface area (TPSA) is 80.4 Å². The monoisotopic (exact) mass is 417 g/mol. The molecule has 29 heavy (non-hydrogen) atoms. The van der Waals surface area contributed by atoms with E-state index < -0.39 is 17.2 Å². The van der Waals surface area contributed by atoms with Gasteiger partial charge >= 0.3 is 0 Å². The number of halogens is 3. The van der Waals surface area contributed by atoms with Crippen molar-refractivity contribution in [2.24, 2.45) is 0 Å². The lowest BCUT2D eigenvalue weighted by atomic mass is 10.2. The summed E-state index contributed by atoms with van der Waals surface area (Å²) in [5, 5.41) is 20.7. The van der Waals surface area contributed by atoms with E-state index in [2.05, 4.69) is 9.97 Å². The number of rotatable bonds is 4. The zero-order valence-corrected chi connectivity index (χ0v) is 15.8. The fourth-order valence-corrected chi connectivity index (χ4v) is 3.30. The molecule has 0 amide bonds. The fourth-order valence-electron chi connectivity index (χ4n) is 3.03. The predicted octanol–water partition coefficient (Wildman–Crippen LogP) is 4.50. The number of phenols is 1. The molecule has 0 saturated heterocycles. The third-order valence-corrected chi connectivity index (χ3v) is 4.76. The van der Waals surface area contributed by atoms with Gasteiger partial charge in [0.1, 0.15) is 28.3 Å². The second-order valence-electron chi connectivity index (χ2n) is 6.27.